The van der Waals surface area contributed by atoms with Crippen molar-refractivity contribution in [2.24, 2.45) is 11.8 Å². The van der Waals surface area contributed by atoms with Crippen molar-refractivity contribution in [2.45, 2.75) is 355 Å². The fourth-order valence-electron chi connectivity index (χ4n) is 10.2. The molecule has 0 aromatic carbocycles. The summed E-state index contributed by atoms with van der Waals surface area (Å²) in [5.74, 6) is -0.671. The number of aliphatic hydroxyl groups excluding tert-OH is 1. The first-order chi connectivity index (χ1) is 43.4. The minimum atomic E-state index is -4.96. The molecule has 17 nitrogen and oxygen atoms in total. The Hall–Kier alpha value is -2.46. The Morgan fingerprint density at radius 1 is 0.344 bits per heavy atom. The van der Waals surface area contributed by atoms with Gasteiger partial charge in [0, 0.05) is 25.7 Å². The Morgan fingerprint density at radius 2 is 0.600 bits per heavy atom. The third-order valence-electron chi connectivity index (χ3n) is 15.8. The smallest absolute Gasteiger partial charge is 0.462 e. The molecule has 0 amide bonds. The van der Waals surface area contributed by atoms with Crippen LogP contribution in [-0.2, 0) is 65.4 Å². The van der Waals surface area contributed by atoms with Gasteiger partial charge >= 0.3 is 39.5 Å². The molecule has 0 aliphatic rings. The van der Waals surface area contributed by atoms with Crippen molar-refractivity contribution in [2.75, 3.05) is 39.6 Å². The van der Waals surface area contributed by atoms with Crippen LogP contribution in [0.15, 0.2) is 24.3 Å². The van der Waals surface area contributed by atoms with Gasteiger partial charge in [-0.05, 0) is 63.2 Å². The zero-order chi connectivity index (χ0) is 66.5. The van der Waals surface area contributed by atoms with Gasteiger partial charge in [0.05, 0.1) is 26.4 Å². The van der Waals surface area contributed by atoms with E-state index < -0.39 is 97.5 Å². The van der Waals surface area contributed by atoms with Crippen molar-refractivity contribution in [3.63, 3.8) is 0 Å². The van der Waals surface area contributed by atoms with Crippen molar-refractivity contribution in [3.8, 4) is 0 Å². The lowest BCUT2D eigenvalue weighted by atomic mass is 10.0. The molecule has 3 N–H and O–H groups in total. The Balaban J connectivity index is 5.25. The average Bonchev–Trinajstić information content (AvgIpc) is 2.85. The molecule has 2 unspecified atom stereocenters. The van der Waals surface area contributed by atoms with Gasteiger partial charge in [0.1, 0.15) is 19.3 Å². The van der Waals surface area contributed by atoms with Crippen molar-refractivity contribution in [1.82, 2.24) is 0 Å². The summed E-state index contributed by atoms with van der Waals surface area (Å²) in [5, 5.41) is 10.6. The van der Waals surface area contributed by atoms with Crippen molar-refractivity contribution in [1.29, 1.82) is 0 Å². The van der Waals surface area contributed by atoms with Crippen molar-refractivity contribution in [3.05, 3.63) is 24.3 Å². The molecule has 5 atom stereocenters. The van der Waals surface area contributed by atoms with Crippen LogP contribution in [0.25, 0.3) is 0 Å². The molecule has 0 bridgehead atoms. The topological polar surface area (TPSA) is 237 Å². The number of esters is 4. The largest absolute Gasteiger partial charge is 0.472 e. The molecule has 0 radical (unpaired) electrons. The molecular weight excluding hydrogens is 1190 g/mol. The summed E-state index contributed by atoms with van der Waals surface area (Å²) >= 11 is 0. The van der Waals surface area contributed by atoms with Crippen LogP contribution in [0.3, 0.4) is 0 Å². The van der Waals surface area contributed by atoms with E-state index in [-0.39, 0.29) is 25.7 Å². The first-order valence-electron chi connectivity index (χ1n) is 36.3. The van der Waals surface area contributed by atoms with E-state index in [0.717, 1.165) is 121 Å². The summed E-state index contributed by atoms with van der Waals surface area (Å²) in [6.07, 6.45) is 50.9. The molecule has 0 aliphatic carbocycles. The predicted molar refractivity (Wildman–Crippen MR) is 363 cm³/mol. The van der Waals surface area contributed by atoms with Gasteiger partial charge in [0.15, 0.2) is 12.2 Å². The third kappa shape index (κ3) is 64.3. The number of aliphatic hydroxyl groups is 1. The Morgan fingerprint density at radius 3 is 0.911 bits per heavy atom. The monoisotopic (exact) mass is 1320 g/mol. The highest BCUT2D eigenvalue weighted by atomic mass is 31.2. The van der Waals surface area contributed by atoms with E-state index in [1.807, 2.05) is 0 Å². The minimum Gasteiger partial charge on any atom is -0.462 e. The maximum atomic E-state index is 13.0. The van der Waals surface area contributed by atoms with Gasteiger partial charge in [-0.15, -0.1) is 0 Å². The standard InChI is InChI=1S/C71H134O17P2/c1-7-9-11-13-15-17-18-19-20-24-27-30-36-42-48-54-69(74)82-60-66(87-70(75)55-49-43-37-31-28-25-22-21-23-26-29-33-39-45-51-63(3)4)61-85-89(77,78)83-57-65(72)58-84-90(79,80)86-62-67(59-81-68(73)53-47-41-35-16-14-12-10-8-2)88-71(76)56-50-44-38-32-34-40-46-52-64(5)6/h17-20,63-67,72H,7-16,21-62H2,1-6H3,(H,77,78)(H,79,80)/b18-17-,20-19-/t65-,66-,67-/m1/s1. The van der Waals surface area contributed by atoms with Gasteiger partial charge in [0.25, 0.3) is 0 Å². The number of hydrogen-bond donors (Lipinski definition) is 3. The normalized spacial score (nSPS) is 14.3. The summed E-state index contributed by atoms with van der Waals surface area (Å²) < 4.78 is 68.2. The van der Waals surface area contributed by atoms with E-state index in [0.29, 0.717) is 31.6 Å². The number of carbonyl (C=O) groups is 4. The van der Waals surface area contributed by atoms with E-state index >= 15 is 0 Å². The fourth-order valence-corrected chi connectivity index (χ4v) is 11.8. The van der Waals surface area contributed by atoms with E-state index in [2.05, 4.69) is 65.8 Å². The number of phosphoric ester groups is 2. The first-order valence-corrected chi connectivity index (χ1v) is 39.3. The van der Waals surface area contributed by atoms with Gasteiger partial charge < -0.3 is 33.8 Å². The van der Waals surface area contributed by atoms with Crippen LogP contribution in [0.5, 0.6) is 0 Å². The molecule has 0 saturated carbocycles. The zero-order valence-corrected chi connectivity index (χ0v) is 59.7. The van der Waals surface area contributed by atoms with E-state index in [4.69, 9.17) is 37.0 Å². The summed E-state index contributed by atoms with van der Waals surface area (Å²) in [7, 11) is -9.91. The molecule has 0 heterocycles. The second kappa shape index (κ2) is 62.6. The molecule has 0 aliphatic heterocycles. The predicted octanol–water partition coefficient (Wildman–Crippen LogP) is 19.9. The number of carbonyl (C=O) groups excluding carboxylic acids is 4. The fraction of sp³-hybridized carbons (Fsp3) is 0.887. The number of unbranched alkanes of at least 4 members (excludes halogenated alkanes) is 35. The average molecular weight is 1320 g/mol. The molecule has 0 fully saturated rings. The van der Waals surface area contributed by atoms with Crippen LogP contribution >= 0.6 is 15.6 Å². The Bertz CT molecular complexity index is 1850. The molecule has 0 saturated heterocycles. The molecule has 0 rings (SSSR count). The van der Waals surface area contributed by atoms with Crippen LogP contribution in [-0.4, -0.2) is 96.7 Å². The van der Waals surface area contributed by atoms with Crippen LogP contribution < -0.4 is 0 Å². The lowest BCUT2D eigenvalue weighted by molar-refractivity contribution is -0.161. The summed E-state index contributed by atoms with van der Waals surface area (Å²) in [4.78, 5) is 72.4. The molecular formula is C71H134O17P2. The summed E-state index contributed by atoms with van der Waals surface area (Å²) in [5.41, 5.74) is 0. The summed E-state index contributed by atoms with van der Waals surface area (Å²) in [6.45, 7) is 9.41. The van der Waals surface area contributed by atoms with Crippen LogP contribution in [0.2, 0.25) is 0 Å². The van der Waals surface area contributed by atoms with Gasteiger partial charge in [-0.1, -0.05) is 284 Å². The van der Waals surface area contributed by atoms with Crippen LogP contribution in [0.4, 0.5) is 0 Å². The quantitative estimate of drug-likeness (QED) is 0.0169. The Labute approximate surface area is 548 Å². The molecule has 0 aromatic rings. The molecule has 530 valence electrons. The van der Waals surface area contributed by atoms with Crippen LogP contribution in [0.1, 0.15) is 337 Å². The van der Waals surface area contributed by atoms with Gasteiger partial charge in [-0.2, -0.15) is 0 Å². The lowest BCUT2D eigenvalue weighted by Crippen LogP contribution is -2.30. The minimum absolute atomic E-state index is 0.100. The third-order valence-corrected chi connectivity index (χ3v) is 17.7. The summed E-state index contributed by atoms with van der Waals surface area (Å²) in [6, 6.07) is 0. The number of ether oxygens (including phenoxy) is 4. The molecule has 0 spiro atoms. The van der Waals surface area contributed by atoms with Gasteiger partial charge in [-0.3, -0.25) is 37.3 Å². The van der Waals surface area contributed by atoms with Gasteiger partial charge in [0.2, 0.25) is 0 Å². The van der Waals surface area contributed by atoms with Crippen LogP contribution in [0, 0.1) is 11.8 Å². The second-order valence-electron chi connectivity index (χ2n) is 25.9. The molecule has 19 heteroatoms. The number of allylic oxidation sites excluding steroid dienone is 4. The lowest BCUT2D eigenvalue weighted by Gasteiger charge is -2.21. The SMILES string of the molecule is CCCCCC/C=C\C=C/CCCCCCCC(=O)OC[C@H](COP(=O)(O)OC[C@@H](O)COP(=O)(O)OC[C@@H](COC(=O)CCCCCCCCCC)OC(=O)CCCCCCCCCC(C)C)OC(=O)CCCCCCCCCCCCCCCCC(C)C. The van der Waals surface area contributed by atoms with Crippen molar-refractivity contribution >= 4 is 39.5 Å². The van der Waals surface area contributed by atoms with E-state index in [1.54, 1.807) is 0 Å². The highest BCUT2D eigenvalue weighted by Crippen LogP contribution is 2.45. The van der Waals surface area contributed by atoms with E-state index in [1.165, 1.54) is 128 Å². The second-order valence-corrected chi connectivity index (χ2v) is 28.8. The highest BCUT2D eigenvalue weighted by Gasteiger charge is 2.30. The Kier molecular flexibility index (Phi) is 60.9. The van der Waals surface area contributed by atoms with E-state index in [9.17, 15) is 43.2 Å². The first kappa shape index (κ1) is 87.5. The maximum Gasteiger partial charge on any atom is 0.472 e. The highest BCUT2D eigenvalue weighted by molar-refractivity contribution is 7.47. The zero-order valence-electron chi connectivity index (χ0n) is 57.9. The molecule has 90 heavy (non-hydrogen) atoms. The number of hydrogen-bond acceptors (Lipinski definition) is 15. The number of phosphoric acid groups is 2. The van der Waals surface area contributed by atoms with Crippen molar-refractivity contribution < 1.29 is 80.2 Å². The molecule has 0 aromatic heterocycles. The number of rotatable bonds is 68. The maximum absolute atomic E-state index is 13.0. The van der Waals surface area contributed by atoms with Gasteiger partial charge in [-0.25, -0.2) is 9.13 Å².